The molecule has 0 saturated heterocycles. The monoisotopic (exact) mass is 379 g/mol. The maximum absolute atomic E-state index is 12.3. The molecule has 6 nitrogen and oxygen atoms in total. The molecule has 1 aromatic heterocycles. The minimum Gasteiger partial charge on any atom is -0.494 e. The quantitative estimate of drug-likeness (QED) is 0.631. The number of benzene rings is 2. The van der Waals surface area contributed by atoms with Crippen LogP contribution in [0.3, 0.4) is 0 Å². The molecule has 0 radical (unpaired) electrons. The van der Waals surface area contributed by atoms with Crippen LogP contribution in [0.15, 0.2) is 54.7 Å². The number of fused-ring (bicyclic) bond motifs is 1. The van der Waals surface area contributed by atoms with Gasteiger partial charge in [0.25, 0.3) is 0 Å². The molecule has 146 valence electrons. The van der Waals surface area contributed by atoms with Gasteiger partial charge in [-0.15, -0.1) is 0 Å². The van der Waals surface area contributed by atoms with Crippen LogP contribution >= 0.6 is 0 Å². The molecule has 2 amide bonds. The van der Waals surface area contributed by atoms with Crippen molar-refractivity contribution in [2.75, 3.05) is 24.6 Å². The normalized spacial score (nSPS) is 10.6. The van der Waals surface area contributed by atoms with E-state index < -0.39 is 0 Å². The Balaban J connectivity index is 1.55. The number of ether oxygens (including phenoxy) is 1. The number of aromatic nitrogens is 1. The molecule has 0 aliphatic rings. The number of H-pyrrole nitrogens is 1. The van der Waals surface area contributed by atoms with E-state index in [1.165, 1.54) is 6.92 Å². The SMILES string of the molecule is CCOc1ccc(N(CCNC(=O)Cc2c[nH]c3ccccc23)C(C)=O)cc1. The molecule has 0 saturated carbocycles. The largest absolute Gasteiger partial charge is 0.494 e. The number of hydrogen-bond acceptors (Lipinski definition) is 3. The van der Waals surface area contributed by atoms with Crippen LogP contribution in [-0.4, -0.2) is 36.5 Å². The molecule has 1 heterocycles. The van der Waals surface area contributed by atoms with Crippen LogP contribution in [0.4, 0.5) is 5.69 Å². The first kappa shape index (κ1) is 19.5. The van der Waals surface area contributed by atoms with Crippen molar-refractivity contribution in [3.8, 4) is 5.75 Å². The zero-order valence-electron chi connectivity index (χ0n) is 16.2. The topological polar surface area (TPSA) is 74.4 Å². The van der Waals surface area contributed by atoms with Crippen molar-refractivity contribution in [1.29, 1.82) is 0 Å². The summed E-state index contributed by atoms with van der Waals surface area (Å²) in [4.78, 5) is 29.1. The molecule has 0 aliphatic heterocycles. The Morgan fingerprint density at radius 1 is 1.11 bits per heavy atom. The number of nitrogens with one attached hydrogen (secondary N) is 2. The van der Waals surface area contributed by atoms with Gasteiger partial charge < -0.3 is 19.9 Å². The van der Waals surface area contributed by atoms with Gasteiger partial charge in [-0.05, 0) is 42.8 Å². The van der Waals surface area contributed by atoms with Gasteiger partial charge in [-0.2, -0.15) is 0 Å². The third-order valence-corrected chi connectivity index (χ3v) is 4.52. The van der Waals surface area contributed by atoms with Gasteiger partial charge in [0.1, 0.15) is 5.75 Å². The highest BCUT2D eigenvalue weighted by Gasteiger charge is 2.13. The maximum Gasteiger partial charge on any atom is 0.224 e. The van der Waals surface area contributed by atoms with E-state index in [-0.39, 0.29) is 11.8 Å². The van der Waals surface area contributed by atoms with Crippen LogP contribution in [0.5, 0.6) is 5.75 Å². The molecular formula is C22H25N3O3. The van der Waals surface area contributed by atoms with E-state index in [1.54, 1.807) is 4.90 Å². The van der Waals surface area contributed by atoms with Gasteiger partial charge >= 0.3 is 0 Å². The molecule has 28 heavy (non-hydrogen) atoms. The van der Waals surface area contributed by atoms with E-state index in [0.29, 0.717) is 26.1 Å². The highest BCUT2D eigenvalue weighted by atomic mass is 16.5. The molecule has 3 rings (SSSR count). The Bertz CT molecular complexity index is 947. The summed E-state index contributed by atoms with van der Waals surface area (Å²) in [5, 5.41) is 3.95. The van der Waals surface area contributed by atoms with E-state index >= 15 is 0 Å². The first-order valence-corrected chi connectivity index (χ1v) is 9.41. The molecule has 0 atom stereocenters. The molecular weight excluding hydrogens is 354 g/mol. The number of rotatable bonds is 8. The Morgan fingerprint density at radius 3 is 2.57 bits per heavy atom. The minimum atomic E-state index is -0.0740. The first-order valence-electron chi connectivity index (χ1n) is 9.41. The molecule has 0 unspecified atom stereocenters. The van der Waals surface area contributed by atoms with Crippen LogP contribution < -0.4 is 15.0 Å². The number of nitrogens with zero attached hydrogens (tertiary/aromatic N) is 1. The smallest absolute Gasteiger partial charge is 0.224 e. The van der Waals surface area contributed by atoms with Crippen molar-refractivity contribution in [3.63, 3.8) is 0 Å². The fourth-order valence-electron chi connectivity index (χ4n) is 3.18. The average Bonchev–Trinajstić information content (AvgIpc) is 3.09. The van der Waals surface area contributed by atoms with Gasteiger partial charge in [-0.1, -0.05) is 18.2 Å². The average molecular weight is 379 g/mol. The van der Waals surface area contributed by atoms with Crippen LogP contribution in [0.2, 0.25) is 0 Å². The lowest BCUT2D eigenvalue weighted by molar-refractivity contribution is -0.121. The Hall–Kier alpha value is -3.28. The van der Waals surface area contributed by atoms with Crippen molar-refractivity contribution >= 4 is 28.4 Å². The molecule has 0 spiro atoms. The number of aromatic amines is 1. The van der Waals surface area contributed by atoms with E-state index in [2.05, 4.69) is 10.3 Å². The number of hydrogen-bond donors (Lipinski definition) is 2. The highest BCUT2D eigenvalue weighted by Crippen LogP contribution is 2.20. The van der Waals surface area contributed by atoms with E-state index in [0.717, 1.165) is 27.9 Å². The summed E-state index contributed by atoms with van der Waals surface area (Å²) in [6, 6.07) is 15.3. The Morgan fingerprint density at radius 2 is 1.86 bits per heavy atom. The van der Waals surface area contributed by atoms with Crippen molar-refractivity contribution < 1.29 is 14.3 Å². The third kappa shape index (κ3) is 4.71. The number of carbonyl (C=O) groups excluding carboxylic acids is 2. The summed E-state index contributed by atoms with van der Waals surface area (Å²) in [7, 11) is 0. The predicted molar refractivity (Wildman–Crippen MR) is 111 cm³/mol. The summed E-state index contributed by atoms with van der Waals surface area (Å²) in [5.41, 5.74) is 2.76. The summed E-state index contributed by atoms with van der Waals surface area (Å²) in [6.45, 7) is 4.83. The zero-order valence-corrected chi connectivity index (χ0v) is 16.2. The van der Waals surface area contributed by atoms with Gasteiger partial charge in [0, 0.05) is 42.8 Å². The Kier molecular flexibility index (Phi) is 6.32. The zero-order chi connectivity index (χ0) is 19.9. The standard InChI is InChI=1S/C22H25N3O3/c1-3-28-19-10-8-18(9-11-19)25(16(2)26)13-12-23-22(27)14-17-15-24-21-7-5-4-6-20(17)21/h4-11,15,24H,3,12-14H2,1-2H3,(H,23,27). The molecule has 0 aliphatic carbocycles. The fourth-order valence-corrected chi connectivity index (χ4v) is 3.18. The lowest BCUT2D eigenvalue weighted by Gasteiger charge is -2.21. The van der Waals surface area contributed by atoms with Gasteiger partial charge in [-0.3, -0.25) is 9.59 Å². The summed E-state index contributed by atoms with van der Waals surface area (Å²) in [5.74, 6) is 0.622. The highest BCUT2D eigenvalue weighted by molar-refractivity contribution is 5.92. The van der Waals surface area contributed by atoms with Crippen molar-refractivity contribution in [1.82, 2.24) is 10.3 Å². The molecule has 3 aromatic rings. The van der Waals surface area contributed by atoms with Crippen molar-refractivity contribution in [2.45, 2.75) is 20.3 Å². The maximum atomic E-state index is 12.3. The second-order valence-electron chi connectivity index (χ2n) is 6.48. The summed E-state index contributed by atoms with van der Waals surface area (Å²) in [6.07, 6.45) is 2.17. The lowest BCUT2D eigenvalue weighted by atomic mass is 10.1. The molecule has 0 bridgehead atoms. The van der Waals surface area contributed by atoms with Crippen molar-refractivity contribution in [2.24, 2.45) is 0 Å². The number of anilines is 1. The van der Waals surface area contributed by atoms with E-state index in [9.17, 15) is 9.59 Å². The summed E-state index contributed by atoms with van der Waals surface area (Å²) >= 11 is 0. The fraction of sp³-hybridized carbons (Fsp3) is 0.273. The van der Waals surface area contributed by atoms with E-state index in [4.69, 9.17) is 4.74 Å². The second-order valence-corrected chi connectivity index (χ2v) is 6.48. The lowest BCUT2D eigenvalue weighted by Crippen LogP contribution is -2.38. The predicted octanol–water partition coefficient (Wildman–Crippen LogP) is 3.28. The Labute approximate surface area is 164 Å². The number of amides is 2. The number of carbonyl (C=O) groups is 2. The van der Waals surface area contributed by atoms with Gasteiger partial charge in [0.15, 0.2) is 0 Å². The minimum absolute atomic E-state index is 0.0695. The molecule has 2 aromatic carbocycles. The van der Waals surface area contributed by atoms with Crippen LogP contribution in [0.1, 0.15) is 19.4 Å². The van der Waals surface area contributed by atoms with Gasteiger partial charge in [-0.25, -0.2) is 0 Å². The molecule has 6 heteroatoms. The number of para-hydroxylation sites is 1. The second kappa shape index (κ2) is 9.08. The van der Waals surface area contributed by atoms with Crippen LogP contribution in [0.25, 0.3) is 10.9 Å². The molecule has 2 N–H and O–H groups in total. The van der Waals surface area contributed by atoms with Gasteiger partial charge in [0.05, 0.1) is 13.0 Å². The van der Waals surface area contributed by atoms with Gasteiger partial charge in [0.2, 0.25) is 11.8 Å². The van der Waals surface area contributed by atoms with Crippen LogP contribution in [-0.2, 0) is 16.0 Å². The molecule has 0 fully saturated rings. The first-order chi connectivity index (χ1) is 13.6. The van der Waals surface area contributed by atoms with E-state index in [1.807, 2.05) is 61.7 Å². The summed E-state index contributed by atoms with van der Waals surface area (Å²) < 4.78 is 5.43. The third-order valence-electron chi connectivity index (χ3n) is 4.52. The van der Waals surface area contributed by atoms with Crippen molar-refractivity contribution in [3.05, 3.63) is 60.3 Å². The van der Waals surface area contributed by atoms with Crippen LogP contribution in [0, 0.1) is 0 Å².